The van der Waals surface area contributed by atoms with Gasteiger partial charge in [0, 0.05) is 49.4 Å². The van der Waals surface area contributed by atoms with Crippen molar-refractivity contribution in [2.75, 3.05) is 26.8 Å². The average molecular weight is 383 g/mol. The summed E-state index contributed by atoms with van der Waals surface area (Å²) in [6, 6.07) is 6.11. The molecule has 2 aromatic rings. The van der Waals surface area contributed by atoms with Crippen LogP contribution < -0.4 is 9.47 Å². The van der Waals surface area contributed by atoms with Crippen LogP contribution in [0.4, 0.5) is 0 Å². The van der Waals surface area contributed by atoms with Crippen LogP contribution in [0.3, 0.4) is 0 Å². The first-order chi connectivity index (χ1) is 13.4. The number of nitrogens with zero attached hydrogens (tertiary/aromatic N) is 3. The van der Waals surface area contributed by atoms with Crippen molar-refractivity contribution in [3.05, 3.63) is 42.0 Å². The Morgan fingerprint density at radius 1 is 1.29 bits per heavy atom. The monoisotopic (exact) mass is 383 g/mol. The summed E-state index contributed by atoms with van der Waals surface area (Å²) in [5, 5.41) is 0. The zero-order valence-corrected chi connectivity index (χ0v) is 17.1. The molecule has 1 aromatic carbocycles. The number of likely N-dealkylation sites (tertiary alicyclic amines) is 1. The van der Waals surface area contributed by atoms with E-state index in [1.165, 1.54) is 0 Å². The van der Waals surface area contributed by atoms with Crippen molar-refractivity contribution in [3.63, 3.8) is 0 Å². The van der Waals surface area contributed by atoms with Gasteiger partial charge in [-0.3, -0.25) is 4.90 Å². The number of ether oxygens (including phenoxy) is 3. The van der Waals surface area contributed by atoms with Gasteiger partial charge in [0.05, 0.1) is 26.4 Å². The first-order valence-electron chi connectivity index (χ1n) is 10.1. The second-order valence-electron chi connectivity index (χ2n) is 9.23. The molecule has 0 radical (unpaired) electrons. The zero-order valence-electron chi connectivity index (χ0n) is 17.1. The molecular formula is C22H29N3O3. The van der Waals surface area contributed by atoms with E-state index >= 15 is 0 Å². The third kappa shape index (κ3) is 2.73. The summed E-state index contributed by atoms with van der Waals surface area (Å²) in [7, 11) is 3.75. The van der Waals surface area contributed by atoms with Gasteiger partial charge in [0.2, 0.25) is 0 Å². The summed E-state index contributed by atoms with van der Waals surface area (Å²) in [4.78, 5) is 6.93. The van der Waals surface area contributed by atoms with Gasteiger partial charge < -0.3 is 18.8 Å². The predicted octanol–water partition coefficient (Wildman–Crippen LogP) is 3.18. The molecule has 0 saturated carbocycles. The lowest BCUT2D eigenvalue weighted by molar-refractivity contribution is -0.200. The van der Waals surface area contributed by atoms with Crippen LogP contribution in [-0.4, -0.2) is 46.9 Å². The maximum atomic E-state index is 6.53. The van der Waals surface area contributed by atoms with Crippen LogP contribution in [0.25, 0.3) is 0 Å². The number of hydrogen-bond acceptors (Lipinski definition) is 5. The predicted molar refractivity (Wildman–Crippen MR) is 105 cm³/mol. The minimum Gasteiger partial charge on any atom is -0.493 e. The molecule has 2 atom stereocenters. The highest BCUT2D eigenvalue weighted by molar-refractivity contribution is 5.50. The standard InChI is InChI=1S/C22H29N3O3/c1-21(2)16-10-22(12-25(13-22)11-18-23-8-9-24(18)3)14-27-19(16)15-6-5-7-17(26-4)20(15)28-21/h5-9,16,19H,10-14H2,1-4H3/t16-,19+/m0/s1. The molecule has 3 aliphatic heterocycles. The van der Waals surface area contributed by atoms with Crippen LogP contribution in [0.1, 0.15) is 37.8 Å². The molecule has 4 heterocycles. The summed E-state index contributed by atoms with van der Waals surface area (Å²) in [6.07, 6.45) is 5.07. The molecule has 28 heavy (non-hydrogen) atoms. The number of methoxy groups -OCH3 is 1. The average Bonchev–Trinajstić information content (AvgIpc) is 3.05. The fourth-order valence-electron chi connectivity index (χ4n) is 5.28. The van der Waals surface area contributed by atoms with Gasteiger partial charge in [-0.05, 0) is 26.3 Å². The quantitative estimate of drug-likeness (QED) is 0.815. The van der Waals surface area contributed by atoms with Crippen molar-refractivity contribution in [3.8, 4) is 11.5 Å². The van der Waals surface area contributed by atoms with E-state index in [2.05, 4.69) is 41.4 Å². The molecule has 0 bridgehead atoms. The third-order valence-electron chi connectivity index (χ3n) is 6.79. The molecule has 6 heteroatoms. The van der Waals surface area contributed by atoms with Crippen molar-refractivity contribution >= 4 is 0 Å². The van der Waals surface area contributed by atoms with E-state index in [1.807, 2.05) is 24.5 Å². The molecule has 3 aliphatic rings. The number of para-hydroxylation sites is 1. The molecular weight excluding hydrogens is 354 g/mol. The molecule has 0 amide bonds. The largest absolute Gasteiger partial charge is 0.493 e. The number of rotatable bonds is 3. The lowest BCUT2D eigenvalue weighted by atomic mass is 9.64. The number of benzene rings is 1. The van der Waals surface area contributed by atoms with Gasteiger partial charge in [-0.25, -0.2) is 4.98 Å². The molecule has 0 aliphatic carbocycles. The molecule has 1 aromatic heterocycles. The Bertz CT molecular complexity index is 885. The van der Waals surface area contributed by atoms with Crippen molar-refractivity contribution in [1.82, 2.24) is 14.5 Å². The Morgan fingerprint density at radius 2 is 2.11 bits per heavy atom. The summed E-state index contributed by atoms with van der Waals surface area (Å²) in [6.45, 7) is 8.20. The lowest BCUT2D eigenvalue weighted by Gasteiger charge is -2.58. The van der Waals surface area contributed by atoms with Gasteiger partial charge >= 0.3 is 0 Å². The van der Waals surface area contributed by atoms with Gasteiger partial charge in [0.15, 0.2) is 11.5 Å². The fraction of sp³-hybridized carbons (Fsp3) is 0.591. The maximum Gasteiger partial charge on any atom is 0.167 e. The van der Waals surface area contributed by atoms with Gasteiger partial charge in [0.25, 0.3) is 0 Å². The van der Waals surface area contributed by atoms with E-state index in [0.717, 1.165) is 55.5 Å². The summed E-state index contributed by atoms with van der Waals surface area (Å²) < 4.78 is 20.6. The molecule has 1 spiro atoms. The molecule has 2 fully saturated rings. The first-order valence-corrected chi connectivity index (χ1v) is 10.1. The van der Waals surface area contributed by atoms with Crippen LogP contribution in [0.15, 0.2) is 30.6 Å². The van der Waals surface area contributed by atoms with Crippen LogP contribution >= 0.6 is 0 Å². The van der Waals surface area contributed by atoms with Gasteiger partial charge in [-0.1, -0.05) is 12.1 Å². The van der Waals surface area contributed by atoms with E-state index in [4.69, 9.17) is 14.2 Å². The van der Waals surface area contributed by atoms with Crippen LogP contribution in [0.2, 0.25) is 0 Å². The summed E-state index contributed by atoms with van der Waals surface area (Å²) in [5.41, 5.74) is 1.06. The Kier molecular flexibility index (Phi) is 4.00. The van der Waals surface area contributed by atoms with Crippen molar-refractivity contribution in [2.45, 2.75) is 38.5 Å². The first kappa shape index (κ1) is 18.0. The smallest absolute Gasteiger partial charge is 0.167 e. The Morgan fingerprint density at radius 3 is 2.82 bits per heavy atom. The Hall–Kier alpha value is -2.05. The highest BCUT2D eigenvalue weighted by Crippen LogP contribution is 2.56. The number of aromatic nitrogens is 2. The number of hydrogen-bond donors (Lipinski definition) is 0. The normalized spacial score (nSPS) is 27.4. The minimum atomic E-state index is -0.292. The lowest BCUT2D eigenvalue weighted by Crippen LogP contribution is -2.63. The highest BCUT2D eigenvalue weighted by Gasteiger charge is 2.56. The van der Waals surface area contributed by atoms with Gasteiger partial charge in [0.1, 0.15) is 11.4 Å². The summed E-state index contributed by atoms with van der Waals surface area (Å²) in [5.74, 6) is 3.08. The van der Waals surface area contributed by atoms with E-state index in [1.54, 1.807) is 7.11 Å². The molecule has 150 valence electrons. The third-order valence-corrected chi connectivity index (χ3v) is 6.79. The van der Waals surface area contributed by atoms with Crippen molar-refractivity contribution in [2.24, 2.45) is 18.4 Å². The zero-order chi connectivity index (χ0) is 19.5. The highest BCUT2D eigenvalue weighted by atomic mass is 16.5. The molecule has 0 N–H and O–H groups in total. The van der Waals surface area contributed by atoms with E-state index in [0.29, 0.717) is 5.92 Å². The van der Waals surface area contributed by atoms with E-state index in [9.17, 15) is 0 Å². The van der Waals surface area contributed by atoms with Gasteiger partial charge in [-0.15, -0.1) is 0 Å². The second kappa shape index (κ2) is 6.22. The fourth-order valence-corrected chi connectivity index (χ4v) is 5.28. The summed E-state index contributed by atoms with van der Waals surface area (Å²) >= 11 is 0. The van der Waals surface area contributed by atoms with Crippen molar-refractivity contribution < 1.29 is 14.2 Å². The molecule has 5 rings (SSSR count). The van der Waals surface area contributed by atoms with Crippen LogP contribution in [-0.2, 0) is 18.3 Å². The number of fused-ring (bicyclic) bond motifs is 3. The van der Waals surface area contributed by atoms with Crippen LogP contribution in [0.5, 0.6) is 11.5 Å². The van der Waals surface area contributed by atoms with Crippen molar-refractivity contribution in [1.29, 1.82) is 0 Å². The van der Waals surface area contributed by atoms with E-state index in [-0.39, 0.29) is 17.1 Å². The number of aryl methyl sites for hydroxylation is 1. The Labute approximate surface area is 166 Å². The Balaban J connectivity index is 1.34. The maximum absolute atomic E-state index is 6.53. The molecule has 2 saturated heterocycles. The van der Waals surface area contributed by atoms with E-state index < -0.39 is 0 Å². The topological polar surface area (TPSA) is 48.8 Å². The minimum absolute atomic E-state index is 0.0723. The SMILES string of the molecule is COc1cccc2c1OC(C)(C)[C@H]1CC3(CO[C@H]21)CN(Cc1nccn1C)C3. The second-order valence-corrected chi connectivity index (χ2v) is 9.23. The van der Waals surface area contributed by atoms with Crippen LogP contribution in [0, 0.1) is 11.3 Å². The number of imidazole rings is 1. The molecule has 6 nitrogen and oxygen atoms in total. The molecule has 0 unspecified atom stereocenters. The van der Waals surface area contributed by atoms with Gasteiger partial charge in [-0.2, -0.15) is 0 Å².